The second kappa shape index (κ2) is 15.7. The number of hydrogen-bond acceptors (Lipinski definition) is 4. The first-order valence-corrected chi connectivity index (χ1v) is 23.1. The Balaban J connectivity index is 0.879. The van der Waals surface area contributed by atoms with E-state index < -0.39 is 10.8 Å². The number of anilines is 6. The minimum Gasteiger partial charge on any atom is -0.309 e. The molecule has 10 aromatic rings. The molecule has 0 amide bonds. The molecular formula is C62H46F2N4. The maximum atomic E-state index is 17.4. The molecule has 6 heteroatoms. The molecule has 0 saturated carbocycles. The number of nitrogens with zero attached hydrogens (tertiary/aromatic N) is 4. The van der Waals surface area contributed by atoms with Crippen LogP contribution in [0.2, 0.25) is 0 Å². The van der Waals surface area contributed by atoms with Crippen LogP contribution in [-0.4, -0.2) is 9.97 Å². The van der Waals surface area contributed by atoms with Crippen LogP contribution in [0.25, 0.3) is 55.5 Å². The van der Waals surface area contributed by atoms with Crippen molar-refractivity contribution in [2.75, 3.05) is 9.80 Å². The highest BCUT2D eigenvalue weighted by molar-refractivity contribution is 6.00. The zero-order valence-corrected chi connectivity index (χ0v) is 38.2. The third-order valence-electron chi connectivity index (χ3n) is 14.3. The zero-order chi connectivity index (χ0) is 46.3. The molecule has 4 nitrogen and oxygen atoms in total. The summed E-state index contributed by atoms with van der Waals surface area (Å²) < 4.78 is 34.9. The van der Waals surface area contributed by atoms with Gasteiger partial charge in [-0.25, -0.2) is 8.78 Å². The van der Waals surface area contributed by atoms with Crippen LogP contribution in [0.15, 0.2) is 207 Å². The zero-order valence-electron chi connectivity index (χ0n) is 38.2. The van der Waals surface area contributed by atoms with Gasteiger partial charge < -0.3 is 9.80 Å². The number of hydrogen-bond donors (Lipinski definition) is 0. The van der Waals surface area contributed by atoms with Gasteiger partial charge in [-0.05, 0) is 130 Å². The molecule has 0 spiro atoms. The second-order valence-electron chi connectivity index (χ2n) is 18.9. The van der Waals surface area contributed by atoms with Crippen molar-refractivity contribution in [2.45, 2.75) is 38.5 Å². The first-order chi connectivity index (χ1) is 33.1. The van der Waals surface area contributed by atoms with Crippen molar-refractivity contribution < 1.29 is 8.78 Å². The van der Waals surface area contributed by atoms with Gasteiger partial charge in [-0.3, -0.25) is 9.97 Å². The van der Waals surface area contributed by atoms with Crippen LogP contribution in [0.3, 0.4) is 0 Å². The Morgan fingerprint density at radius 2 is 0.691 bits per heavy atom. The summed E-state index contributed by atoms with van der Waals surface area (Å²) in [6, 6.07) is 65.4. The lowest BCUT2D eigenvalue weighted by molar-refractivity contribution is 0.616. The van der Waals surface area contributed by atoms with Crippen LogP contribution in [0, 0.1) is 11.6 Å². The largest absolute Gasteiger partial charge is 0.309 e. The van der Waals surface area contributed by atoms with Crippen LogP contribution >= 0.6 is 0 Å². The van der Waals surface area contributed by atoms with Crippen LogP contribution < -0.4 is 9.80 Å². The molecule has 2 aromatic heterocycles. The SMILES string of the molecule is CC1(C)c2cc(-c3ccc(N(c4ccccc4)c4ccccc4)cn3)ccc2-c2c1cc1c(F)c3c(cc1c2F)C(C)(C)c1cc(-c2ccc(N(c4ccccc4)c4ccccc4)cn2)ccc1-3. The minimum absolute atomic E-state index is 0.297. The van der Waals surface area contributed by atoms with Gasteiger partial charge in [0.1, 0.15) is 11.6 Å². The molecule has 2 aliphatic carbocycles. The Hall–Kier alpha value is -8.22. The third-order valence-corrected chi connectivity index (χ3v) is 14.3. The van der Waals surface area contributed by atoms with Crippen LogP contribution in [-0.2, 0) is 10.8 Å². The maximum absolute atomic E-state index is 17.4. The first kappa shape index (κ1) is 41.2. The molecule has 8 aromatic carbocycles. The van der Waals surface area contributed by atoms with Gasteiger partial charge >= 0.3 is 0 Å². The van der Waals surface area contributed by atoms with Crippen molar-refractivity contribution in [3.8, 4) is 44.8 Å². The molecule has 2 aliphatic rings. The Labute approximate surface area is 395 Å². The smallest absolute Gasteiger partial charge is 0.139 e. The number of halogens is 2. The molecule has 0 unspecified atom stereocenters. The molecule has 328 valence electrons. The monoisotopic (exact) mass is 884 g/mol. The molecule has 0 atom stereocenters. The highest BCUT2D eigenvalue weighted by Crippen LogP contribution is 2.56. The third kappa shape index (κ3) is 6.46. The predicted molar refractivity (Wildman–Crippen MR) is 275 cm³/mol. The van der Waals surface area contributed by atoms with Gasteiger partial charge in [0.15, 0.2) is 0 Å². The topological polar surface area (TPSA) is 32.3 Å². The molecule has 0 bridgehead atoms. The summed E-state index contributed by atoms with van der Waals surface area (Å²) in [4.78, 5) is 14.3. The van der Waals surface area contributed by atoms with Crippen LogP contribution in [0.4, 0.5) is 42.9 Å². The number of rotatable bonds is 8. The summed E-state index contributed by atoms with van der Waals surface area (Å²) in [6.07, 6.45) is 3.80. The van der Waals surface area contributed by atoms with E-state index in [1.165, 1.54) is 0 Å². The lowest BCUT2D eigenvalue weighted by Crippen LogP contribution is -2.16. The average molecular weight is 885 g/mol. The highest BCUT2D eigenvalue weighted by atomic mass is 19.1. The Morgan fingerprint density at radius 1 is 0.353 bits per heavy atom. The summed E-state index contributed by atoms with van der Waals surface area (Å²) in [5, 5.41) is 0.595. The molecule has 12 rings (SSSR count). The number of aromatic nitrogens is 2. The normalized spacial score (nSPS) is 13.7. The van der Waals surface area contributed by atoms with Gasteiger partial charge in [-0.15, -0.1) is 0 Å². The molecule has 2 heterocycles. The van der Waals surface area contributed by atoms with Gasteiger partial charge in [-0.2, -0.15) is 0 Å². The lowest BCUT2D eigenvalue weighted by atomic mass is 9.79. The van der Waals surface area contributed by atoms with Crippen molar-refractivity contribution in [2.24, 2.45) is 0 Å². The van der Waals surface area contributed by atoms with Gasteiger partial charge in [0.2, 0.25) is 0 Å². The number of fused-ring (bicyclic) bond motifs is 7. The minimum atomic E-state index is -0.605. The predicted octanol–water partition coefficient (Wildman–Crippen LogP) is 16.8. The van der Waals surface area contributed by atoms with Crippen molar-refractivity contribution in [1.82, 2.24) is 9.97 Å². The molecule has 68 heavy (non-hydrogen) atoms. The summed E-state index contributed by atoms with van der Waals surface area (Å²) in [5.41, 5.74) is 14.6. The molecule has 0 N–H and O–H groups in total. The van der Waals surface area contributed by atoms with Crippen molar-refractivity contribution in [3.05, 3.63) is 240 Å². The first-order valence-electron chi connectivity index (χ1n) is 23.1. The summed E-state index contributed by atoms with van der Waals surface area (Å²) >= 11 is 0. The number of pyridine rings is 2. The van der Waals surface area contributed by atoms with E-state index in [-0.39, 0.29) is 11.6 Å². The molecule has 0 radical (unpaired) electrons. The van der Waals surface area contributed by atoms with E-state index in [4.69, 9.17) is 9.97 Å². The van der Waals surface area contributed by atoms with E-state index in [9.17, 15) is 0 Å². The average Bonchev–Trinajstić information content (AvgIpc) is 3.75. The summed E-state index contributed by atoms with van der Waals surface area (Å²) in [7, 11) is 0. The Morgan fingerprint density at radius 3 is 1.00 bits per heavy atom. The van der Waals surface area contributed by atoms with Gasteiger partial charge in [0.25, 0.3) is 0 Å². The lowest BCUT2D eigenvalue weighted by Gasteiger charge is -2.25. The van der Waals surface area contributed by atoms with Crippen LogP contribution in [0.1, 0.15) is 49.9 Å². The van der Waals surface area contributed by atoms with E-state index in [1.54, 1.807) is 0 Å². The highest BCUT2D eigenvalue weighted by Gasteiger charge is 2.42. The van der Waals surface area contributed by atoms with Gasteiger partial charge in [-0.1, -0.05) is 125 Å². The van der Waals surface area contributed by atoms with Crippen molar-refractivity contribution in [1.29, 1.82) is 0 Å². The van der Waals surface area contributed by atoms with Gasteiger partial charge in [0.05, 0.1) is 35.2 Å². The van der Waals surface area contributed by atoms with Gasteiger partial charge in [0, 0.05) is 66.6 Å². The Bertz CT molecular complexity index is 3240. The van der Waals surface area contributed by atoms with E-state index in [1.807, 2.05) is 134 Å². The molecule has 0 aliphatic heterocycles. The Kier molecular flexibility index (Phi) is 9.52. The van der Waals surface area contributed by atoms with E-state index in [0.717, 1.165) is 90.0 Å². The second-order valence-corrected chi connectivity index (χ2v) is 18.9. The molecule has 0 fully saturated rings. The number of para-hydroxylation sites is 4. The number of benzene rings is 8. The standard InChI is InChI=1S/C62H46F2N4/c1-61(2)51-33-39(55-31-27-45(37-65-55)67(41-17-9-5-10-18-41)42-19-11-6-12-20-42)25-29-47(51)57-53(61)35-49-50(59(57)63)36-54-58(60(49)64)48-30-26-40(34-52(48)62(54,3)4)56-32-28-46(38-66-56)68(43-21-13-7-14-22-43)44-23-15-8-16-24-44/h5-38H,1-4H3. The fraction of sp³-hybridized carbons (Fsp3) is 0.0968. The van der Waals surface area contributed by atoms with E-state index in [2.05, 4.69) is 110 Å². The van der Waals surface area contributed by atoms with E-state index >= 15 is 8.78 Å². The van der Waals surface area contributed by atoms with Crippen LogP contribution in [0.5, 0.6) is 0 Å². The quantitative estimate of drug-likeness (QED) is 0.152. The summed E-state index contributed by atoms with van der Waals surface area (Å²) in [5.74, 6) is -0.778. The summed E-state index contributed by atoms with van der Waals surface area (Å²) in [6.45, 7) is 8.42. The fourth-order valence-corrected chi connectivity index (χ4v) is 10.7. The molecule has 0 saturated heterocycles. The maximum Gasteiger partial charge on any atom is 0.139 e. The van der Waals surface area contributed by atoms with E-state index in [0.29, 0.717) is 21.9 Å². The molecular weight excluding hydrogens is 839 g/mol. The van der Waals surface area contributed by atoms with Crippen molar-refractivity contribution >= 4 is 44.9 Å². The fourth-order valence-electron chi connectivity index (χ4n) is 10.7. The van der Waals surface area contributed by atoms with Crippen molar-refractivity contribution in [3.63, 3.8) is 0 Å².